The van der Waals surface area contributed by atoms with Crippen LogP contribution in [-0.2, 0) is 19.1 Å². The van der Waals surface area contributed by atoms with Crippen LogP contribution in [0.1, 0.15) is 126 Å². The Morgan fingerprint density at radius 3 is 1.82 bits per heavy atom. The van der Waals surface area contributed by atoms with E-state index >= 15 is 0 Å². The summed E-state index contributed by atoms with van der Waals surface area (Å²) in [5.41, 5.74) is 8.57. The molecule has 0 aliphatic heterocycles. The van der Waals surface area contributed by atoms with Crippen LogP contribution in [-0.4, -0.2) is 26.7 Å². The van der Waals surface area contributed by atoms with Gasteiger partial charge in [0.25, 0.3) is 6.47 Å². The lowest BCUT2D eigenvalue weighted by atomic mass is 9.87. The molecule has 228 valence electrons. The van der Waals surface area contributed by atoms with E-state index in [1.165, 1.54) is 60.5 Å². The fourth-order valence-corrected chi connectivity index (χ4v) is 4.15. The van der Waals surface area contributed by atoms with Gasteiger partial charge in [0.1, 0.15) is 0 Å². The summed E-state index contributed by atoms with van der Waals surface area (Å²) >= 11 is 0. The molecule has 4 heteroatoms. The molecule has 0 aromatic heterocycles. The molecule has 1 atom stereocenters. The molecule has 0 saturated carbocycles. The third-order valence-corrected chi connectivity index (χ3v) is 6.72. The normalized spacial score (nSPS) is 14.7. The Hall–Kier alpha value is -2.62. The first kappa shape index (κ1) is 39.5. The Morgan fingerprint density at radius 1 is 0.875 bits per heavy atom. The largest absolute Gasteiger partial charge is 0.471 e. The Balaban J connectivity index is 0. The first-order valence-electron chi connectivity index (χ1n) is 15.0. The second-order valence-corrected chi connectivity index (χ2v) is 11.1. The van der Waals surface area contributed by atoms with E-state index < -0.39 is 0 Å². The maximum Gasteiger partial charge on any atom is 0.308 e. The molecule has 0 heterocycles. The summed E-state index contributed by atoms with van der Waals surface area (Å²) < 4.78 is 8.72. The van der Waals surface area contributed by atoms with Crippen molar-refractivity contribution in [3.8, 4) is 0 Å². The molecular weight excluding hydrogens is 496 g/mol. The molecule has 40 heavy (non-hydrogen) atoms. The zero-order valence-electron chi connectivity index (χ0n) is 27.4. The number of hydrogen-bond donors (Lipinski definition) is 0. The highest BCUT2D eigenvalue weighted by molar-refractivity contribution is 5.72. The number of carbonyl (C=O) groups is 2. The average Bonchev–Trinajstić information content (AvgIpc) is 2.92. The van der Waals surface area contributed by atoms with E-state index in [0.717, 1.165) is 64.2 Å². The number of carbonyl (C=O) groups excluding carboxylic acids is 2. The summed E-state index contributed by atoms with van der Waals surface area (Å²) in [6.45, 7) is 19.6. The number of allylic oxidation sites excluding steroid dienone is 11. The molecule has 4 nitrogen and oxygen atoms in total. The molecule has 0 spiro atoms. The SMILES string of the molecule is C=C(CC)CC/C=C(\C)CCC=C(C)C.COC(=O)[C@H]1CCC=C(CC/C=C(\C)CCC=C(C)C)C1.COC=O. The van der Waals surface area contributed by atoms with Gasteiger partial charge in [-0.2, -0.15) is 0 Å². The minimum Gasteiger partial charge on any atom is -0.471 e. The van der Waals surface area contributed by atoms with Crippen molar-refractivity contribution >= 4 is 12.4 Å². The summed E-state index contributed by atoms with van der Waals surface area (Å²) in [5.74, 6) is 0.0341. The van der Waals surface area contributed by atoms with Gasteiger partial charge in [0.05, 0.1) is 20.1 Å². The second-order valence-electron chi connectivity index (χ2n) is 11.1. The van der Waals surface area contributed by atoms with Crippen molar-refractivity contribution in [1.29, 1.82) is 0 Å². The van der Waals surface area contributed by atoms with Gasteiger partial charge in [0.2, 0.25) is 0 Å². The second kappa shape index (κ2) is 26.6. The van der Waals surface area contributed by atoms with E-state index in [1.807, 2.05) is 0 Å². The standard InChI is InChI=1S/C19H30O2.C15H26.C2H4O2/c1-15(2)8-5-9-16(3)10-6-11-17-12-7-13-18(14-17)19(20)21-4;1-6-14(4)10-8-12-15(5)11-7-9-13(2)3;1-4-2-3/h8,10,12,18H,5-7,9,11,13-14H2,1-4H3;9,12H,4,6-8,10-11H2,1-3,5H3;2H,1H3/b16-10+;15-12+;/t18-;;/m0../s1. The van der Waals surface area contributed by atoms with Gasteiger partial charge in [-0.05, 0) is 119 Å². The molecule has 0 amide bonds. The molecule has 0 unspecified atom stereocenters. The van der Waals surface area contributed by atoms with Crippen molar-refractivity contribution < 1.29 is 19.1 Å². The highest BCUT2D eigenvalue weighted by atomic mass is 16.5. The van der Waals surface area contributed by atoms with E-state index in [1.54, 1.807) is 0 Å². The molecule has 0 aromatic rings. The van der Waals surface area contributed by atoms with E-state index in [-0.39, 0.29) is 11.9 Å². The monoisotopic (exact) mass is 556 g/mol. The minimum atomic E-state index is -0.0472. The van der Waals surface area contributed by atoms with Gasteiger partial charge >= 0.3 is 5.97 Å². The maximum absolute atomic E-state index is 11.6. The molecule has 0 aromatic carbocycles. The quantitative estimate of drug-likeness (QED) is 0.114. The van der Waals surface area contributed by atoms with Crippen LogP contribution in [0, 0.1) is 5.92 Å². The van der Waals surface area contributed by atoms with Crippen LogP contribution >= 0.6 is 0 Å². The molecule has 1 aliphatic carbocycles. The molecule has 0 radical (unpaired) electrons. The number of ether oxygens (including phenoxy) is 2. The van der Waals surface area contributed by atoms with Crippen LogP contribution < -0.4 is 0 Å². The molecule has 0 saturated heterocycles. The first-order chi connectivity index (χ1) is 19.0. The molecule has 1 aliphatic rings. The van der Waals surface area contributed by atoms with Crippen molar-refractivity contribution in [3.05, 3.63) is 70.4 Å². The lowest BCUT2D eigenvalue weighted by Crippen LogP contribution is -2.19. The Labute approximate surface area is 247 Å². The summed E-state index contributed by atoms with van der Waals surface area (Å²) in [4.78, 5) is 20.6. The van der Waals surface area contributed by atoms with E-state index in [4.69, 9.17) is 9.53 Å². The molecule has 0 N–H and O–H groups in total. The molecule has 1 rings (SSSR count). The number of methoxy groups -OCH3 is 2. The number of hydrogen-bond acceptors (Lipinski definition) is 4. The Morgan fingerprint density at radius 2 is 1.38 bits per heavy atom. The van der Waals surface area contributed by atoms with Gasteiger partial charge in [-0.3, -0.25) is 9.59 Å². The summed E-state index contributed by atoms with van der Waals surface area (Å²) in [6.07, 6.45) is 24.7. The molecule has 0 bridgehead atoms. The molecular formula is C36H60O4. The van der Waals surface area contributed by atoms with E-state index in [2.05, 4.69) is 90.2 Å². The van der Waals surface area contributed by atoms with Crippen LogP contribution in [0.3, 0.4) is 0 Å². The Bertz CT molecular complexity index is 859. The van der Waals surface area contributed by atoms with E-state index in [9.17, 15) is 4.79 Å². The van der Waals surface area contributed by atoms with Crippen molar-refractivity contribution in [3.63, 3.8) is 0 Å². The van der Waals surface area contributed by atoms with Crippen molar-refractivity contribution in [2.45, 2.75) is 126 Å². The summed E-state index contributed by atoms with van der Waals surface area (Å²) in [7, 11) is 2.80. The zero-order chi connectivity index (χ0) is 30.8. The predicted molar refractivity (Wildman–Crippen MR) is 173 cm³/mol. The van der Waals surface area contributed by atoms with E-state index in [0.29, 0.717) is 6.47 Å². The van der Waals surface area contributed by atoms with Gasteiger partial charge in [-0.15, -0.1) is 0 Å². The maximum atomic E-state index is 11.6. The lowest BCUT2D eigenvalue weighted by molar-refractivity contribution is -0.145. The van der Waals surface area contributed by atoms with Gasteiger partial charge in [-0.25, -0.2) is 0 Å². The first-order valence-corrected chi connectivity index (χ1v) is 15.0. The van der Waals surface area contributed by atoms with Gasteiger partial charge in [-0.1, -0.05) is 77.3 Å². The predicted octanol–water partition coefficient (Wildman–Crippen LogP) is 10.6. The van der Waals surface area contributed by atoms with Crippen LogP contribution in [0.5, 0.6) is 0 Å². The smallest absolute Gasteiger partial charge is 0.308 e. The van der Waals surface area contributed by atoms with Crippen LogP contribution in [0.4, 0.5) is 0 Å². The van der Waals surface area contributed by atoms with Crippen molar-refractivity contribution in [1.82, 2.24) is 0 Å². The Kier molecular flexibility index (Phi) is 26.3. The average molecular weight is 557 g/mol. The summed E-state index contributed by atoms with van der Waals surface area (Å²) in [5, 5.41) is 0. The van der Waals surface area contributed by atoms with Crippen molar-refractivity contribution in [2.75, 3.05) is 14.2 Å². The zero-order valence-corrected chi connectivity index (χ0v) is 27.4. The fraction of sp³-hybridized carbons (Fsp3) is 0.611. The minimum absolute atomic E-state index is 0.0472. The van der Waals surface area contributed by atoms with Crippen LogP contribution in [0.2, 0.25) is 0 Å². The number of esters is 1. The van der Waals surface area contributed by atoms with Crippen molar-refractivity contribution in [2.24, 2.45) is 5.92 Å². The highest BCUT2D eigenvalue weighted by Gasteiger charge is 2.22. The highest BCUT2D eigenvalue weighted by Crippen LogP contribution is 2.28. The topological polar surface area (TPSA) is 52.6 Å². The number of rotatable bonds is 15. The van der Waals surface area contributed by atoms with Gasteiger partial charge in [0.15, 0.2) is 0 Å². The summed E-state index contributed by atoms with van der Waals surface area (Å²) in [6, 6.07) is 0. The van der Waals surface area contributed by atoms with Gasteiger partial charge < -0.3 is 9.47 Å². The third kappa shape index (κ3) is 25.6. The fourth-order valence-electron chi connectivity index (χ4n) is 4.15. The lowest BCUT2D eigenvalue weighted by Gasteiger charge is -2.20. The molecule has 0 fully saturated rings. The van der Waals surface area contributed by atoms with Crippen LogP contribution in [0.15, 0.2) is 70.4 Å². The van der Waals surface area contributed by atoms with Crippen LogP contribution in [0.25, 0.3) is 0 Å². The van der Waals surface area contributed by atoms with Gasteiger partial charge in [0, 0.05) is 0 Å². The third-order valence-electron chi connectivity index (χ3n) is 6.72.